The van der Waals surface area contributed by atoms with Crippen molar-refractivity contribution in [2.24, 2.45) is 5.73 Å². The number of hydrogen-bond acceptors (Lipinski definition) is 8. The number of methoxy groups -OCH3 is 1. The fourth-order valence-corrected chi connectivity index (χ4v) is 3.84. The molecule has 0 bridgehead atoms. The monoisotopic (exact) mass is 468 g/mol. The van der Waals surface area contributed by atoms with Crippen LogP contribution >= 0.6 is 11.9 Å². The average molecular weight is 469 g/mol. The number of fused-ring (bicyclic) bond motifs is 1. The van der Waals surface area contributed by atoms with Crippen LogP contribution in [0.25, 0.3) is 11.0 Å². The minimum absolute atomic E-state index is 0.140. The SMILES string of the molecule is CC.CNC(=O)c1cccc(SNc2noc3cc(Cn4cc(CN)cn4)cc(OC)c23)c1. The van der Waals surface area contributed by atoms with E-state index in [1.165, 1.54) is 11.9 Å². The van der Waals surface area contributed by atoms with Crippen molar-refractivity contribution in [1.82, 2.24) is 20.3 Å². The number of nitrogens with two attached hydrogens (primary N) is 1. The Morgan fingerprint density at radius 1 is 1.24 bits per heavy atom. The zero-order chi connectivity index (χ0) is 23.8. The van der Waals surface area contributed by atoms with Crippen LogP contribution in [0, 0.1) is 0 Å². The van der Waals surface area contributed by atoms with E-state index >= 15 is 0 Å². The molecule has 2 aromatic heterocycles. The minimum atomic E-state index is -0.140. The van der Waals surface area contributed by atoms with Crippen molar-refractivity contribution in [3.8, 4) is 5.75 Å². The number of anilines is 1. The van der Waals surface area contributed by atoms with Gasteiger partial charge in [0.15, 0.2) is 11.4 Å². The molecule has 2 heterocycles. The maximum atomic E-state index is 11.8. The van der Waals surface area contributed by atoms with Crippen LogP contribution in [0.15, 0.2) is 58.2 Å². The molecular formula is C23H28N6O3S. The van der Waals surface area contributed by atoms with Crippen molar-refractivity contribution < 1.29 is 14.1 Å². The summed E-state index contributed by atoms with van der Waals surface area (Å²) in [6, 6.07) is 11.1. The molecule has 33 heavy (non-hydrogen) atoms. The van der Waals surface area contributed by atoms with Crippen molar-refractivity contribution in [3.05, 3.63) is 65.5 Å². The lowest BCUT2D eigenvalue weighted by molar-refractivity contribution is 0.0963. The molecule has 0 spiro atoms. The molecule has 0 aliphatic carbocycles. The minimum Gasteiger partial charge on any atom is -0.496 e. The van der Waals surface area contributed by atoms with Crippen molar-refractivity contribution in [2.75, 3.05) is 18.9 Å². The molecule has 0 saturated heterocycles. The third-order valence-corrected chi connectivity index (χ3v) is 5.46. The fraction of sp³-hybridized carbons (Fsp3) is 0.261. The second kappa shape index (κ2) is 11.4. The number of carbonyl (C=O) groups is 1. The Morgan fingerprint density at radius 2 is 2.06 bits per heavy atom. The first kappa shape index (κ1) is 24.1. The Balaban J connectivity index is 0.00000149. The molecule has 4 aromatic rings. The summed E-state index contributed by atoms with van der Waals surface area (Å²) in [5.74, 6) is 1.04. The van der Waals surface area contributed by atoms with E-state index in [-0.39, 0.29) is 5.91 Å². The predicted molar refractivity (Wildman–Crippen MR) is 130 cm³/mol. The quantitative estimate of drug-likeness (QED) is 0.331. The molecular weight excluding hydrogens is 440 g/mol. The number of carbonyl (C=O) groups excluding carboxylic acids is 1. The molecule has 9 nitrogen and oxygen atoms in total. The van der Waals surface area contributed by atoms with Gasteiger partial charge in [0.1, 0.15) is 11.1 Å². The molecule has 0 unspecified atom stereocenters. The van der Waals surface area contributed by atoms with E-state index < -0.39 is 0 Å². The summed E-state index contributed by atoms with van der Waals surface area (Å²) in [7, 11) is 3.21. The van der Waals surface area contributed by atoms with Crippen LogP contribution in [0.1, 0.15) is 35.3 Å². The topological polar surface area (TPSA) is 120 Å². The van der Waals surface area contributed by atoms with Crippen LogP contribution in [-0.2, 0) is 13.1 Å². The number of aromatic nitrogens is 3. The van der Waals surface area contributed by atoms with E-state index in [1.807, 2.05) is 49.0 Å². The first-order chi connectivity index (χ1) is 16.1. The molecule has 174 valence electrons. The number of nitrogens with one attached hydrogen (secondary N) is 2. The molecule has 4 rings (SSSR count). The van der Waals surface area contributed by atoms with E-state index in [1.54, 1.807) is 32.5 Å². The highest BCUT2D eigenvalue weighted by Gasteiger charge is 2.16. The first-order valence-electron chi connectivity index (χ1n) is 10.5. The highest BCUT2D eigenvalue weighted by molar-refractivity contribution is 8.00. The predicted octanol–water partition coefficient (Wildman–Crippen LogP) is 4.04. The summed E-state index contributed by atoms with van der Waals surface area (Å²) >= 11 is 1.33. The van der Waals surface area contributed by atoms with Gasteiger partial charge in [0.05, 0.1) is 19.9 Å². The van der Waals surface area contributed by atoms with Gasteiger partial charge >= 0.3 is 0 Å². The van der Waals surface area contributed by atoms with Gasteiger partial charge in [-0.3, -0.25) is 9.48 Å². The van der Waals surface area contributed by atoms with Crippen LogP contribution < -0.4 is 20.5 Å². The van der Waals surface area contributed by atoms with Gasteiger partial charge < -0.3 is 25.0 Å². The van der Waals surface area contributed by atoms with E-state index in [0.717, 1.165) is 21.4 Å². The number of ether oxygens (including phenoxy) is 1. The average Bonchev–Trinajstić information content (AvgIpc) is 3.49. The van der Waals surface area contributed by atoms with Crippen molar-refractivity contribution in [1.29, 1.82) is 0 Å². The molecule has 0 radical (unpaired) electrons. The number of benzene rings is 2. The van der Waals surface area contributed by atoms with Crippen LogP contribution in [0.3, 0.4) is 0 Å². The Labute approximate surface area is 196 Å². The van der Waals surface area contributed by atoms with Gasteiger partial charge in [-0.05, 0) is 47.8 Å². The first-order valence-corrected chi connectivity index (χ1v) is 11.4. The maximum Gasteiger partial charge on any atom is 0.251 e. The maximum absolute atomic E-state index is 11.8. The zero-order valence-electron chi connectivity index (χ0n) is 19.1. The third kappa shape index (κ3) is 5.65. The van der Waals surface area contributed by atoms with Crippen molar-refractivity contribution in [3.63, 3.8) is 0 Å². The normalized spacial score (nSPS) is 10.5. The summed E-state index contributed by atoms with van der Waals surface area (Å²) in [5, 5.41) is 11.8. The molecule has 4 N–H and O–H groups in total. The number of rotatable bonds is 8. The lowest BCUT2D eigenvalue weighted by atomic mass is 10.1. The summed E-state index contributed by atoms with van der Waals surface area (Å²) in [5.41, 5.74) is 8.77. The molecule has 10 heteroatoms. The fourth-order valence-electron chi connectivity index (χ4n) is 3.15. The van der Waals surface area contributed by atoms with Gasteiger partial charge in [-0.2, -0.15) is 5.10 Å². The Kier molecular flexibility index (Phi) is 8.34. The van der Waals surface area contributed by atoms with E-state index in [2.05, 4.69) is 20.3 Å². The van der Waals surface area contributed by atoms with Gasteiger partial charge in [0, 0.05) is 35.8 Å². The molecule has 0 saturated carbocycles. The van der Waals surface area contributed by atoms with Gasteiger partial charge in [-0.15, -0.1) is 0 Å². The molecule has 0 atom stereocenters. The molecule has 0 aliphatic rings. The van der Waals surface area contributed by atoms with Gasteiger partial charge in [0.2, 0.25) is 0 Å². The van der Waals surface area contributed by atoms with Crippen LogP contribution in [-0.4, -0.2) is 35.0 Å². The second-order valence-electron chi connectivity index (χ2n) is 6.76. The standard InChI is InChI=1S/C21H22N6O3S.C2H6/c1-23-21(28)15-4-3-5-16(8-15)31-26-20-19-17(29-2)6-13(7-18(19)30-25-20)11-27-12-14(9-22)10-24-27;1-2/h3-8,10,12H,9,11,22H2,1-2H3,(H,23,28)(H,25,26);1-2H3. The second-order valence-corrected chi connectivity index (χ2v) is 7.64. The molecule has 0 fully saturated rings. The van der Waals surface area contributed by atoms with Crippen molar-refractivity contribution >= 4 is 34.6 Å². The Morgan fingerprint density at radius 3 is 2.76 bits per heavy atom. The number of nitrogens with zero attached hydrogens (tertiary/aromatic N) is 3. The van der Waals surface area contributed by atoms with Crippen LogP contribution in [0.5, 0.6) is 5.75 Å². The Bertz CT molecular complexity index is 1220. The third-order valence-electron chi connectivity index (χ3n) is 4.67. The van der Waals surface area contributed by atoms with Gasteiger partial charge in [0.25, 0.3) is 5.91 Å². The smallest absolute Gasteiger partial charge is 0.251 e. The zero-order valence-corrected chi connectivity index (χ0v) is 19.9. The summed E-state index contributed by atoms with van der Waals surface area (Å²) in [4.78, 5) is 12.7. The Hall–Kier alpha value is -3.50. The summed E-state index contributed by atoms with van der Waals surface area (Å²) < 4.78 is 16.1. The van der Waals surface area contributed by atoms with Gasteiger partial charge in [-0.1, -0.05) is 25.1 Å². The van der Waals surface area contributed by atoms with Crippen molar-refractivity contribution in [2.45, 2.75) is 31.8 Å². The lowest BCUT2D eigenvalue weighted by Gasteiger charge is -2.08. The van der Waals surface area contributed by atoms with E-state index in [9.17, 15) is 4.79 Å². The summed E-state index contributed by atoms with van der Waals surface area (Å²) in [6.45, 7) is 5.00. The van der Waals surface area contributed by atoms with Crippen LogP contribution in [0.4, 0.5) is 5.82 Å². The molecule has 1 amide bonds. The van der Waals surface area contributed by atoms with Crippen LogP contribution in [0.2, 0.25) is 0 Å². The highest BCUT2D eigenvalue weighted by Crippen LogP contribution is 2.36. The summed E-state index contributed by atoms with van der Waals surface area (Å²) in [6.07, 6.45) is 3.66. The van der Waals surface area contributed by atoms with E-state index in [0.29, 0.717) is 35.8 Å². The van der Waals surface area contributed by atoms with Gasteiger partial charge in [-0.25, -0.2) is 0 Å². The number of amides is 1. The largest absolute Gasteiger partial charge is 0.496 e. The number of hydrogen-bond donors (Lipinski definition) is 3. The highest BCUT2D eigenvalue weighted by atomic mass is 32.2. The van der Waals surface area contributed by atoms with E-state index in [4.69, 9.17) is 15.0 Å². The molecule has 2 aromatic carbocycles. The lowest BCUT2D eigenvalue weighted by Crippen LogP contribution is -2.17. The molecule has 0 aliphatic heterocycles.